The zero-order valence-electron chi connectivity index (χ0n) is 6.86. The molecule has 1 aromatic heterocycles. The fraction of sp³-hybridized carbons (Fsp3) is 0.444. The van der Waals surface area contributed by atoms with Crippen LogP contribution >= 0.6 is 11.8 Å². The molecule has 2 rings (SSSR count). The summed E-state index contributed by atoms with van der Waals surface area (Å²) in [6.45, 7) is 0. The number of aromatic nitrogens is 1. The summed E-state index contributed by atoms with van der Waals surface area (Å²) in [5.41, 5.74) is 7.51. The van der Waals surface area contributed by atoms with Crippen molar-refractivity contribution in [2.24, 2.45) is 0 Å². The molecule has 0 bridgehead atoms. The van der Waals surface area contributed by atoms with Gasteiger partial charge in [0.1, 0.15) is 0 Å². The first-order chi connectivity index (χ1) is 5.86. The van der Waals surface area contributed by atoms with Crippen molar-refractivity contribution in [1.82, 2.24) is 4.98 Å². The third-order valence-electron chi connectivity index (χ3n) is 2.16. The summed E-state index contributed by atoms with van der Waals surface area (Å²) in [5.74, 6) is 3.16. The van der Waals surface area contributed by atoms with Crippen LogP contribution in [0.5, 0.6) is 0 Å². The van der Waals surface area contributed by atoms with Crippen LogP contribution in [0.2, 0.25) is 0 Å². The minimum Gasteiger partial charge on any atom is -0.397 e. The van der Waals surface area contributed by atoms with Gasteiger partial charge in [0.2, 0.25) is 0 Å². The minimum atomic E-state index is 0.663. The predicted octanol–water partition coefficient (Wildman–Crippen LogP) is 1.88. The van der Waals surface area contributed by atoms with Crippen molar-refractivity contribution in [1.29, 1.82) is 0 Å². The summed E-state index contributed by atoms with van der Waals surface area (Å²) in [5, 5.41) is 0. The highest BCUT2D eigenvalue weighted by Crippen LogP contribution is 2.31. The maximum absolute atomic E-state index is 5.56. The van der Waals surface area contributed by atoms with Crippen molar-refractivity contribution in [2.45, 2.75) is 12.3 Å². The van der Waals surface area contributed by atoms with Gasteiger partial charge in [-0.25, -0.2) is 0 Å². The van der Waals surface area contributed by atoms with Crippen LogP contribution in [-0.4, -0.2) is 16.5 Å². The van der Waals surface area contributed by atoms with E-state index >= 15 is 0 Å². The van der Waals surface area contributed by atoms with Crippen LogP contribution in [0.15, 0.2) is 18.3 Å². The Morgan fingerprint density at radius 1 is 1.50 bits per heavy atom. The zero-order chi connectivity index (χ0) is 8.39. The molecule has 1 atom stereocenters. The van der Waals surface area contributed by atoms with Crippen LogP contribution in [0.25, 0.3) is 0 Å². The summed E-state index contributed by atoms with van der Waals surface area (Å²) in [7, 11) is 0. The van der Waals surface area contributed by atoms with Gasteiger partial charge < -0.3 is 5.73 Å². The summed E-state index contributed by atoms with van der Waals surface area (Å²) in [6, 6.07) is 3.98. The third-order valence-corrected chi connectivity index (χ3v) is 3.32. The molecule has 64 valence electrons. The van der Waals surface area contributed by atoms with Crippen LogP contribution < -0.4 is 5.73 Å². The molecule has 0 radical (unpaired) electrons. The molecule has 1 aliphatic heterocycles. The molecule has 3 heteroatoms. The van der Waals surface area contributed by atoms with Gasteiger partial charge in [-0.15, -0.1) is 0 Å². The molecule has 0 aromatic carbocycles. The summed E-state index contributed by atoms with van der Waals surface area (Å²) in [6.07, 6.45) is 3.01. The highest BCUT2D eigenvalue weighted by Gasteiger charge is 2.17. The van der Waals surface area contributed by atoms with Crippen LogP contribution in [-0.2, 0) is 0 Å². The molecular formula is C9H12N2S. The SMILES string of the molecule is Nc1ccc(C2CCSC2)nc1. The van der Waals surface area contributed by atoms with E-state index in [1.54, 1.807) is 6.20 Å². The lowest BCUT2D eigenvalue weighted by atomic mass is 10.0. The molecule has 0 saturated carbocycles. The molecule has 1 fully saturated rings. The Morgan fingerprint density at radius 3 is 3.00 bits per heavy atom. The maximum atomic E-state index is 5.56. The van der Waals surface area contributed by atoms with Crippen molar-refractivity contribution in [3.63, 3.8) is 0 Å². The second-order valence-electron chi connectivity index (χ2n) is 3.08. The van der Waals surface area contributed by atoms with E-state index in [1.165, 1.54) is 23.6 Å². The molecule has 1 aliphatic rings. The van der Waals surface area contributed by atoms with E-state index in [1.807, 2.05) is 23.9 Å². The first-order valence-corrected chi connectivity index (χ1v) is 5.31. The molecule has 1 unspecified atom stereocenters. The van der Waals surface area contributed by atoms with Crippen molar-refractivity contribution in [3.05, 3.63) is 24.0 Å². The lowest BCUT2D eigenvalue weighted by molar-refractivity contribution is 0.752. The van der Waals surface area contributed by atoms with E-state index in [4.69, 9.17) is 5.73 Å². The van der Waals surface area contributed by atoms with Gasteiger partial charge in [0.25, 0.3) is 0 Å². The quantitative estimate of drug-likeness (QED) is 0.717. The first kappa shape index (κ1) is 7.92. The molecule has 2 heterocycles. The molecule has 0 spiro atoms. The third kappa shape index (κ3) is 1.55. The standard InChI is InChI=1S/C9H12N2S/c10-8-1-2-9(11-5-8)7-3-4-12-6-7/h1-2,5,7H,3-4,6,10H2. The maximum Gasteiger partial charge on any atom is 0.0501 e. The van der Waals surface area contributed by atoms with Crippen molar-refractivity contribution in [2.75, 3.05) is 17.2 Å². The highest BCUT2D eigenvalue weighted by atomic mass is 32.2. The van der Waals surface area contributed by atoms with E-state index < -0.39 is 0 Å². The van der Waals surface area contributed by atoms with Gasteiger partial charge >= 0.3 is 0 Å². The molecule has 0 aliphatic carbocycles. The van der Waals surface area contributed by atoms with E-state index in [2.05, 4.69) is 4.98 Å². The largest absolute Gasteiger partial charge is 0.397 e. The van der Waals surface area contributed by atoms with Crippen LogP contribution in [0.4, 0.5) is 5.69 Å². The number of nitrogen functional groups attached to an aromatic ring is 1. The van der Waals surface area contributed by atoms with Crippen molar-refractivity contribution < 1.29 is 0 Å². The first-order valence-electron chi connectivity index (χ1n) is 4.15. The summed E-state index contributed by atoms with van der Waals surface area (Å²) >= 11 is 2.01. The highest BCUT2D eigenvalue weighted by molar-refractivity contribution is 7.99. The summed E-state index contributed by atoms with van der Waals surface area (Å²) < 4.78 is 0. The molecule has 12 heavy (non-hydrogen) atoms. The second-order valence-corrected chi connectivity index (χ2v) is 4.23. The number of hydrogen-bond acceptors (Lipinski definition) is 3. The smallest absolute Gasteiger partial charge is 0.0501 e. The topological polar surface area (TPSA) is 38.9 Å². The number of rotatable bonds is 1. The molecule has 1 saturated heterocycles. The zero-order valence-corrected chi connectivity index (χ0v) is 7.68. The van der Waals surface area contributed by atoms with Gasteiger partial charge in [0.05, 0.1) is 11.9 Å². The molecule has 0 amide bonds. The van der Waals surface area contributed by atoms with Gasteiger partial charge in [-0.3, -0.25) is 4.98 Å². The monoisotopic (exact) mass is 180 g/mol. The van der Waals surface area contributed by atoms with Crippen molar-refractivity contribution >= 4 is 17.4 Å². The number of anilines is 1. The summed E-state index contributed by atoms with van der Waals surface area (Å²) in [4.78, 5) is 4.32. The minimum absolute atomic E-state index is 0.663. The van der Waals surface area contributed by atoms with Gasteiger partial charge in [-0.2, -0.15) is 11.8 Å². The van der Waals surface area contributed by atoms with Crippen LogP contribution in [0, 0.1) is 0 Å². The van der Waals surface area contributed by atoms with Gasteiger partial charge in [0, 0.05) is 17.4 Å². The number of hydrogen-bond donors (Lipinski definition) is 1. The molecule has 2 nitrogen and oxygen atoms in total. The number of thioether (sulfide) groups is 1. The lowest BCUT2D eigenvalue weighted by Crippen LogP contribution is -1.99. The number of nitrogens with two attached hydrogens (primary N) is 1. The Bertz CT molecular complexity index is 252. The average Bonchev–Trinajstić information content (AvgIpc) is 2.58. The molecular weight excluding hydrogens is 168 g/mol. The van der Waals surface area contributed by atoms with Crippen LogP contribution in [0.1, 0.15) is 18.0 Å². The van der Waals surface area contributed by atoms with E-state index in [9.17, 15) is 0 Å². The fourth-order valence-electron chi connectivity index (χ4n) is 1.43. The Labute approximate surface area is 76.6 Å². The fourth-order valence-corrected chi connectivity index (χ4v) is 2.67. The average molecular weight is 180 g/mol. The Hall–Kier alpha value is -0.700. The van der Waals surface area contributed by atoms with Gasteiger partial charge in [0.15, 0.2) is 0 Å². The number of nitrogens with zero attached hydrogens (tertiary/aromatic N) is 1. The Morgan fingerprint density at radius 2 is 2.42 bits per heavy atom. The lowest BCUT2D eigenvalue weighted by Gasteiger charge is -2.06. The van der Waals surface area contributed by atoms with E-state index in [0.717, 1.165) is 5.69 Å². The molecule has 1 aromatic rings. The predicted molar refractivity (Wildman–Crippen MR) is 53.3 cm³/mol. The van der Waals surface area contributed by atoms with E-state index in [0.29, 0.717) is 5.92 Å². The van der Waals surface area contributed by atoms with Crippen LogP contribution in [0.3, 0.4) is 0 Å². The Kier molecular flexibility index (Phi) is 2.21. The van der Waals surface area contributed by atoms with E-state index in [-0.39, 0.29) is 0 Å². The number of pyridine rings is 1. The Balaban J connectivity index is 2.17. The second kappa shape index (κ2) is 3.35. The van der Waals surface area contributed by atoms with Gasteiger partial charge in [-0.1, -0.05) is 0 Å². The normalized spacial score (nSPS) is 22.8. The van der Waals surface area contributed by atoms with Gasteiger partial charge in [-0.05, 0) is 24.3 Å². The molecule has 2 N–H and O–H groups in total. The van der Waals surface area contributed by atoms with Crippen molar-refractivity contribution in [3.8, 4) is 0 Å².